The van der Waals surface area contributed by atoms with Crippen LogP contribution >= 0.6 is 11.6 Å². The van der Waals surface area contributed by atoms with Gasteiger partial charge in [-0.15, -0.1) is 0 Å². The average Bonchev–Trinajstić information content (AvgIpc) is 2.75. The third kappa shape index (κ3) is 4.10. The van der Waals surface area contributed by atoms with Crippen LogP contribution in [-0.4, -0.2) is 18.5 Å². The number of halogens is 1. The van der Waals surface area contributed by atoms with Crippen molar-refractivity contribution in [1.29, 1.82) is 0 Å². The molecule has 21 heavy (non-hydrogen) atoms. The molecule has 0 atom stereocenters. The van der Waals surface area contributed by atoms with Crippen LogP contribution in [0.2, 0.25) is 5.02 Å². The number of ether oxygens (including phenoxy) is 1. The first kappa shape index (κ1) is 15.1. The van der Waals surface area contributed by atoms with Crippen molar-refractivity contribution in [3.8, 4) is 0 Å². The first-order chi connectivity index (χ1) is 9.95. The van der Waals surface area contributed by atoms with Crippen molar-refractivity contribution in [2.24, 2.45) is 0 Å². The highest BCUT2D eigenvalue weighted by Crippen LogP contribution is 2.16. The number of amides is 1. The molecule has 1 heterocycles. The van der Waals surface area contributed by atoms with Gasteiger partial charge < -0.3 is 14.5 Å². The van der Waals surface area contributed by atoms with Crippen molar-refractivity contribution < 1.29 is 18.7 Å². The number of rotatable bonds is 4. The Hall–Kier alpha value is -2.27. The van der Waals surface area contributed by atoms with E-state index >= 15 is 0 Å². The molecule has 0 saturated heterocycles. The zero-order chi connectivity index (χ0) is 15.4. The number of carbonyl (C=O) groups excluding carboxylic acids is 2. The van der Waals surface area contributed by atoms with Gasteiger partial charge in [0.1, 0.15) is 17.1 Å². The molecule has 1 N–H and O–H groups in total. The Bertz CT molecular complexity index is 678. The summed E-state index contributed by atoms with van der Waals surface area (Å²) in [6.45, 7) is 3.01. The van der Waals surface area contributed by atoms with Crippen LogP contribution in [0.3, 0.4) is 0 Å². The topological polar surface area (TPSA) is 68.5 Å². The second kappa shape index (κ2) is 6.45. The third-order valence-electron chi connectivity index (χ3n) is 2.70. The van der Waals surface area contributed by atoms with E-state index in [1.165, 1.54) is 0 Å². The van der Waals surface area contributed by atoms with Gasteiger partial charge in [-0.3, -0.25) is 4.79 Å². The lowest BCUT2D eigenvalue weighted by molar-refractivity contribution is -0.119. The van der Waals surface area contributed by atoms with Gasteiger partial charge in [0.05, 0.1) is 0 Å². The van der Waals surface area contributed by atoms with E-state index in [9.17, 15) is 9.59 Å². The molecule has 110 valence electrons. The quantitative estimate of drug-likeness (QED) is 0.880. The van der Waals surface area contributed by atoms with Crippen molar-refractivity contribution in [2.45, 2.75) is 13.8 Å². The van der Waals surface area contributed by atoms with Crippen LogP contribution in [0.15, 0.2) is 34.7 Å². The van der Waals surface area contributed by atoms with E-state index in [0.29, 0.717) is 27.8 Å². The van der Waals surface area contributed by atoms with E-state index in [-0.39, 0.29) is 6.61 Å². The highest BCUT2D eigenvalue weighted by atomic mass is 35.5. The minimum Gasteiger partial charge on any atom is -0.466 e. The summed E-state index contributed by atoms with van der Waals surface area (Å²) in [5.74, 6) is 0.0460. The molecule has 0 fully saturated rings. The first-order valence-corrected chi connectivity index (χ1v) is 6.63. The fourth-order valence-corrected chi connectivity index (χ4v) is 2.00. The van der Waals surface area contributed by atoms with Crippen molar-refractivity contribution in [3.63, 3.8) is 0 Å². The number of benzene rings is 1. The lowest BCUT2D eigenvalue weighted by atomic mass is 10.2. The SMILES string of the molecule is Cc1cc(C(=O)OCC(=O)Nc2cccc(Cl)c2)c(C)o1. The van der Waals surface area contributed by atoms with Gasteiger partial charge in [-0.2, -0.15) is 0 Å². The molecule has 0 radical (unpaired) electrons. The molecule has 6 heteroatoms. The maximum atomic E-state index is 11.8. The summed E-state index contributed by atoms with van der Waals surface area (Å²) in [6, 6.07) is 8.27. The predicted octanol–water partition coefficient (Wildman–Crippen LogP) is 3.35. The van der Waals surface area contributed by atoms with Crippen LogP contribution in [0.5, 0.6) is 0 Å². The monoisotopic (exact) mass is 307 g/mol. The molecule has 1 aromatic carbocycles. The minimum atomic E-state index is -0.592. The Labute approximate surface area is 126 Å². The van der Waals surface area contributed by atoms with Gasteiger partial charge >= 0.3 is 5.97 Å². The summed E-state index contributed by atoms with van der Waals surface area (Å²) in [5, 5.41) is 3.09. The Kier molecular flexibility index (Phi) is 4.65. The van der Waals surface area contributed by atoms with E-state index in [4.69, 9.17) is 20.8 Å². The summed E-state index contributed by atoms with van der Waals surface area (Å²) in [5.41, 5.74) is 0.863. The number of nitrogens with one attached hydrogen (secondary N) is 1. The van der Waals surface area contributed by atoms with Crippen molar-refractivity contribution in [1.82, 2.24) is 0 Å². The molecule has 0 aliphatic rings. The largest absolute Gasteiger partial charge is 0.466 e. The third-order valence-corrected chi connectivity index (χ3v) is 2.94. The molecule has 0 unspecified atom stereocenters. The van der Waals surface area contributed by atoms with Crippen molar-refractivity contribution >= 4 is 29.2 Å². The van der Waals surface area contributed by atoms with E-state index in [0.717, 1.165) is 0 Å². The lowest BCUT2D eigenvalue weighted by Gasteiger charge is -2.06. The van der Waals surface area contributed by atoms with Crippen LogP contribution in [0.4, 0.5) is 5.69 Å². The van der Waals surface area contributed by atoms with Crippen molar-refractivity contribution in [3.05, 3.63) is 52.4 Å². The molecule has 2 rings (SSSR count). The maximum absolute atomic E-state index is 11.8. The first-order valence-electron chi connectivity index (χ1n) is 6.25. The zero-order valence-corrected chi connectivity index (χ0v) is 12.4. The molecule has 0 bridgehead atoms. The predicted molar refractivity (Wildman–Crippen MR) is 78.5 cm³/mol. The molecule has 0 aliphatic heterocycles. The summed E-state index contributed by atoms with van der Waals surface area (Å²) in [6.07, 6.45) is 0. The minimum absolute atomic E-state index is 0.322. The number of carbonyl (C=O) groups is 2. The van der Waals surface area contributed by atoms with Crippen LogP contribution in [0, 0.1) is 13.8 Å². The van der Waals surface area contributed by atoms with Gasteiger partial charge in [0.25, 0.3) is 5.91 Å². The van der Waals surface area contributed by atoms with Crippen LogP contribution in [0.1, 0.15) is 21.9 Å². The van der Waals surface area contributed by atoms with Crippen molar-refractivity contribution in [2.75, 3.05) is 11.9 Å². The second-order valence-corrected chi connectivity index (χ2v) is 4.90. The van der Waals surface area contributed by atoms with Crippen LogP contribution < -0.4 is 5.32 Å². The number of furan rings is 1. The van der Waals surface area contributed by atoms with E-state index in [2.05, 4.69) is 5.32 Å². The molecule has 0 saturated carbocycles. The normalized spacial score (nSPS) is 10.2. The molecule has 1 amide bonds. The zero-order valence-electron chi connectivity index (χ0n) is 11.6. The molecule has 5 nitrogen and oxygen atoms in total. The fraction of sp³-hybridized carbons (Fsp3) is 0.200. The Morgan fingerprint density at radius 2 is 2.05 bits per heavy atom. The Morgan fingerprint density at radius 3 is 2.67 bits per heavy atom. The average molecular weight is 308 g/mol. The summed E-state index contributed by atoms with van der Waals surface area (Å²) in [4.78, 5) is 23.5. The molecular weight excluding hydrogens is 294 g/mol. The molecule has 0 aliphatic carbocycles. The number of esters is 1. The van der Waals surface area contributed by atoms with Crippen LogP contribution in [-0.2, 0) is 9.53 Å². The molecular formula is C15H14ClNO4. The van der Waals surface area contributed by atoms with Gasteiger partial charge in [0.15, 0.2) is 6.61 Å². The molecule has 1 aromatic heterocycles. The Morgan fingerprint density at radius 1 is 1.29 bits per heavy atom. The molecule has 0 spiro atoms. The van der Waals surface area contributed by atoms with E-state index in [1.54, 1.807) is 44.2 Å². The number of hydrogen-bond donors (Lipinski definition) is 1. The highest BCUT2D eigenvalue weighted by molar-refractivity contribution is 6.30. The van der Waals surface area contributed by atoms with Gasteiger partial charge in [-0.1, -0.05) is 17.7 Å². The smallest absolute Gasteiger partial charge is 0.342 e. The summed E-state index contributed by atoms with van der Waals surface area (Å²) >= 11 is 5.81. The standard InChI is InChI=1S/C15H14ClNO4/c1-9-6-13(10(2)21-9)15(19)20-8-14(18)17-12-5-3-4-11(16)7-12/h3-7H,8H2,1-2H3,(H,17,18). The maximum Gasteiger partial charge on any atom is 0.342 e. The Balaban J connectivity index is 1.89. The second-order valence-electron chi connectivity index (χ2n) is 4.46. The summed E-state index contributed by atoms with van der Waals surface area (Å²) < 4.78 is 10.2. The van der Waals surface area contributed by atoms with Crippen LogP contribution in [0.25, 0.3) is 0 Å². The highest BCUT2D eigenvalue weighted by Gasteiger charge is 2.16. The van der Waals surface area contributed by atoms with Gasteiger partial charge in [-0.05, 0) is 38.1 Å². The van der Waals surface area contributed by atoms with Gasteiger partial charge in [0, 0.05) is 10.7 Å². The molecule has 2 aromatic rings. The van der Waals surface area contributed by atoms with Gasteiger partial charge in [-0.25, -0.2) is 4.79 Å². The number of aryl methyl sites for hydroxylation is 2. The number of hydrogen-bond acceptors (Lipinski definition) is 4. The van der Waals surface area contributed by atoms with E-state index < -0.39 is 11.9 Å². The summed E-state index contributed by atoms with van der Waals surface area (Å²) in [7, 11) is 0. The van der Waals surface area contributed by atoms with E-state index in [1.807, 2.05) is 0 Å². The number of anilines is 1. The van der Waals surface area contributed by atoms with Gasteiger partial charge in [0.2, 0.25) is 0 Å². The fourth-order valence-electron chi connectivity index (χ4n) is 1.81. The lowest BCUT2D eigenvalue weighted by Crippen LogP contribution is -2.21.